The molecule has 0 bridgehead atoms. The Morgan fingerprint density at radius 1 is 0.706 bits per heavy atom. The predicted octanol–water partition coefficient (Wildman–Crippen LogP) is -3.55. The van der Waals surface area contributed by atoms with Crippen LogP contribution in [0.4, 0.5) is 0 Å². The third-order valence-electron chi connectivity index (χ3n) is 9.83. The molecule has 8 amide bonds. The normalized spacial score (nSPS) is 14.0. The first kappa shape index (κ1) is 60.0. The highest BCUT2D eigenvalue weighted by molar-refractivity contribution is 7.98. The zero-order valence-corrected chi connectivity index (χ0v) is 40.2. The second kappa shape index (κ2) is 32.6. The van der Waals surface area contributed by atoms with Crippen molar-refractivity contribution in [2.24, 2.45) is 39.6 Å². The van der Waals surface area contributed by atoms with E-state index in [1.807, 2.05) is 5.38 Å². The van der Waals surface area contributed by atoms with Crippen molar-refractivity contribution in [3.63, 3.8) is 0 Å². The Morgan fingerprint density at radius 3 is 1.79 bits per heavy atom. The number of carboxylic acid groups (broad SMARTS) is 2. The maximum Gasteiger partial charge on any atom is 0.326 e. The van der Waals surface area contributed by atoms with E-state index in [9.17, 15) is 58.2 Å². The Balaban J connectivity index is 3.26. The molecule has 0 fully saturated rings. The molecule has 0 aliphatic carbocycles. The number of amides is 8. The molecule has 382 valence electrons. The quantitative estimate of drug-likeness (QED) is 0.0178. The van der Waals surface area contributed by atoms with Crippen LogP contribution in [0.5, 0.6) is 0 Å². The van der Waals surface area contributed by atoms with Crippen LogP contribution < -0.4 is 65.9 Å². The Labute approximate surface area is 402 Å². The maximum atomic E-state index is 13.9. The molecule has 0 aliphatic rings. The first-order valence-electron chi connectivity index (χ1n) is 21.9. The lowest BCUT2D eigenvalue weighted by atomic mass is 10.0. The molecule has 68 heavy (non-hydrogen) atoms. The summed E-state index contributed by atoms with van der Waals surface area (Å²) in [6.07, 6.45) is 1.30. The summed E-state index contributed by atoms with van der Waals surface area (Å²) < 4.78 is 0. The number of aliphatic carboxylic acids is 2. The lowest BCUT2D eigenvalue weighted by Crippen LogP contribution is -2.60. The van der Waals surface area contributed by atoms with Crippen molar-refractivity contribution >= 4 is 88.3 Å². The number of guanidine groups is 1. The van der Waals surface area contributed by atoms with Gasteiger partial charge in [-0.25, -0.2) is 4.79 Å². The van der Waals surface area contributed by atoms with Crippen LogP contribution in [-0.4, -0.2) is 149 Å². The maximum absolute atomic E-state index is 13.9. The van der Waals surface area contributed by atoms with E-state index >= 15 is 0 Å². The molecule has 1 rings (SSSR count). The Kier molecular flexibility index (Phi) is 28.8. The van der Waals surface area contributed by atoms with Crippen molar-refractivity contribution in [2.75, 3.05) is 31.6 Å². The van der Waals surface area contributed by atoms with Crippen molar-refractivity contribution in [1.29, 1.82) is 0 Å². The smallest absolute Gasteiger partial charge is 0.326 e. The minimum Gasteiger partial charge on any atom is -0.481 e. The number of nitrogens with two attached hydrogens (primary N) is 5. The number of hydrogen-bond acceptors (Lipinski definition) is 15. The van der Waals surface area contributed by atoms with Crippen LogP contribution in [0.1, 0.15) is 82.9 Å². The summed E-state index contributed by atoms with van der Waals surface area (Å²) >= 11 is 2.68. The van der Waals surface area contributed by atoms with Gasteiger partial charge in [-0.3, -0.25) is 48.1 Å². The second-order valence-corrected chi connectivity index (χ2v) is 18.1. The van der Waals surface area contributed by atoms with Crippen LogP contribution in [0, 0.1) is 5.92 Å². The molecule has 0 aromatic carbocycles. The summed E-state index contributed by atoms with van der Waals surface area (Å²) in [5.74, 6) is -10.00. The molecule has 1 heterocycles. The summed E-state index contributed by atoms with van der Waals surface area (Å²) in [6, 6.07) is -6.02. The standard InChI is InChI=1S/C41H69N13O12S2/c1-22(2)18-29(35(60)48-21-32(56)49-28(40(65)66)10-6-15-47-41(45)46)53-37(62)26(11-12-31(44)55)51-38(63)27(13-17-67-3)52-39(64)30(20-33(57)58)54-36(61)25(9-4-5-14-42)50-34(59)24(43)19-23-8-7-16-68-23/h7-8,16,22,24-30H,4-6,9-15,17-21,42-43H2,1-3H3,(H2,44,55)(H,48,60)(H,49,56)(H,50,59)(H,51,63)(H,52,64)(H,53,62)(H,54,61)(H,57,58)(H,65,66)(H4,45,46,47)/t24-,25-,26-,27-,28-,29-,30-/m0/s1. The van der Waals surface area contributed by atoms with E-state index in [4.69, 9.17) is 28.7 Å². The third-order valence-corrected chi connectivity index (χ3v) is 11.4. The van der Waals surface area contributed by atoms with Crippen molar-refractivity contribution in [2.45, 2.75) is 127 Å². The number of thiophene rings is 1. The third kappa shape index (κ3) is 25.2. The molecule has 0 saturated heterocycles. The molecule has 0 saturated carbocycles. The molecule has 7 atom stereocenters. The number of carbonyl (C=O) groups is 10. The average Bonchev–Trinajstić information content (AvgIpc) is 3.78. The van der Waals surface area contributed by atoms with E-state index in [2.05, 4.69) is 42.2 Å². The number of carbonyl (C=O) groups excluding carboxylic acids is 8. The van der Waals surface area contributed by atoms with Gasteiger partial charge in [-0.05, 0) is 87.3 Å². The first-order chi connectivity index (χ1) is 32.1. The lowest BCUT2D eigenvalue weighted by molar-refractivity contribution is -0.142. The number of aliphatic imine (C=N–C) groups is 1. The minimum atomic E-state index is -1.75. The number of thioether (sulfide) groups is 1. The second-order valence-electron chi connectivity index (χ2n) is 16.1. The Bertz CT molecular complexity index is 1870. The number of rotatable bonds is 35. The molecule has 19 N–H and O–H groups in total. The van der Waals surface area contributed by atoms with Gasteiger partial charge in [-0.15, -0.1) is 11.3 Å². The van der Waals surface area contributed by atoms with Gasteiger partial charge < -0.3 is 76.1 Å². The average molecular weight is 1000 g/mol. The van der Waals surface area contributed by atoms with E-state index < -0.39 is 121 Å². The van der Waals surface area contributed by atoms with E-state index in [1.165, 1.54) is 23.1 Å². The van der Waals surface area contributed by atoms with Crippen LogP contribution in [0.3, 0.4) is 0 Å². The number of carboxylic acids is 2. The van der Waals surface area contributed by atoms with Crippen LogP contribution in [0.25, 0.3) is 0 Å². The Hall–Kier alpha value is -6.06. The van der Waals surface area contributed by atoms with Gasteiger partial charge in [0.25, 0.3) is 0 Å². The summed E-state index contributed by atoms with van der Waals surface area (Å²) in [4.78, 5) is 134. The van der Waals surface area contributed by atoms with E-state index in [1.54, 1.807) is 32.2 Å². The van der Waals surface area contributed by atoms with Crippen molar-refractivity contribution in [3.8, 4) is 0 Å². The molecule has 1 aromatic heterocycles. The molecule has 0 spiro atoms. The highest BCUT2D eigenvalue weighted by Crippen LogP contribution is 2.12. The lowest BCUT2D eigenvalue weighted by Gasteiger charge is -2.27. The number of nitrogens with one attached hydrogen (secondary N) is 7. The summed E-state index contributed by atoms with van der Waals surface area (Å²) in [7, 11) is 0. The summed E-state index contributed by atoms with van der Waals surface area (Å²) in [5.41, 5.74) is 27.7. The zero-order valence-electron chi connectivity index (χ0n) is 38.6. The molecular weight excluding hydrogens is 931 g/mol. The van der Waals surface area contributed by atoms with Crippen LogP contribution in [0.15, 0.2) is 22.5 Å². The summed E-state index contributed by atoms with van der Waals surface area (Å²) in [6.45, 7) is 3.21. The Morgan fingerprint density at radius 2 is 1.26 bits per heavy atom. The number of nitrogens with zero attached hydrogens (tertiary/aromatic N) is 1. The van der Waals surface area contributed by atoms with Crippen LogP contribution in [0.2, 0.25) is 0 Å². The monoisotopic (exact) mass is 999 g/mol. The zero-order chi connectivity index (χ0) is 51.3. The van der Waals surface area contributed by atoms with E-state index in [0.717, 1.165) is 4.88 Å². The minimum absolute atomic E-state index is 0.0259. The fraction of sp³-hybridized carbons (Fsp3) is 0.634. The van der Waals surface area contributed by atoms with Crippen molar-refractivity contribution < 1.29 is 58.2 Å². The number of unbranched alkanes of at least 4 members (excludes halogenated alkanes) is 1. The largest absolute Gasteiger partial charge is 0.481 e. The van der Waals surface area contributed by atoms with Gasteiger partial charge in [0.1, 0.15) is 36.3 Å². The predicted molar refractivity (Wildman–Crippen MR) is 254 cm³/mol. The van der Waals surface area contributed by atoms with Crippen molar-refractivity contribution in [3.05, 3.63) is 22.4 Å². The highest BCUT2D eigenvalue weighted by Gasteiger charge is 2.34. The van der Waals surface area contributed by atoms with Gasteiger partial charge in [-0.1, -0.05) is 19.9 Å². The summed E-state index contributed by atoms with van der Waals surface area (Å²) in [5, 5.41) is 38.2. The molecule has 27 heteroatoms. The molecule has 0 radical (unpaired) electrons. The topological polar surface area (TPSA) is 438 Å². The van der Waals surface area contributed by atoms with Gasteiger partial charge in [0.15, 0.2) is 5.96 Å². The van der Waals surface area contributed by atoms with Crippen LogP contribution in [-0.2, 0) is 54.4 Å². The SMILES string of the molecule is CSCC[C@H](NC(=O)[C@H](CC(=O)O)NC(=O)[C@H](CCCCN)NC(=O)[C@@H](N)Cc1cccs1)C(=O)N[C@@H](CCC(N)=O)C(=O)N[C@@H](CC(C)C)C(=O)NCC(=O)N[C@@H](CCCN=C(N)N)C(=O)O. The van der Waals surface area contributed by atoms with Gasteiger partial charge in [0.05, 0.1) is 19.0 Å². The van der Waals surface area contributed by atoms with Gasteiger partial charge in [0, 0.05) is 24.3 Å². The highest BCUT2D eigenvalue weighted by atomic mass is 32.2. The molecule has 0 aliphatic heterocycles. The van der Waals surface area contributed by atoms with Gasteiger partial charge in [-0.2, -0.15) is 11.8 Å². The van der Waals surface area contributed by atoms with E-state index in [0.29, 0.717) is 12.8 Å². The van der Waals surface area contributed by atoms with E-state index in [-0.39, 0.29) is 75.7 Å². The molecule has 0 unspecified atom stereocenters. The fourth-order valence-corrected chi connectivity index (χ4v) is 7.55. The molecule has 25 nitrogen and oxygen atoms in total. The number of primary amides is 1. The van der Waals surface area contributed by atoms with Crippen molar-refractivity contribution in [1.82, 2.24) is 37.2 Å². The van der Waals surface area contributed by atoms with Gasteiger partial charge >= 0.3 is 11.9 Å². The molecular formula is C41H69N13O12S2. The first-order valence-corrected chi connectivity index (χ1v) is 24.2. The van der Waals surface area contributed by atoms with Gasteiger partial charge in [0.2, 0.25) is 47.3 Å². The fourth-order valence-electron chi connectivity index (χ4n) is 6.31. The van der Waals surface area contributed by atoms with Crippen LogP contribution >= 0.6 is 23.1 Å². The molecule has 1 aromatic rings. The number of hydrogen-bond donors (Lipinski definition) is 14.